The van der Waals surface area contributed by atoms with E-state index >= 15 is 0 Å². The summed E-state index contributed by atoms with van der Waals surface area (Å²) in [6.07, 6.45) is 3.86. The maximum absolute atomic E-state index is 13.0. The molecule has 1 aromatic carbocycles. The molecule has 1 saturated carbocycles. The van der Waals surface area contributed by atoms with Gasteiger partial charge in [-0.2, -0.15) is 0 Å². The number of carbonyl (C=O) groups is 2. The van der Waals surface area contributed by atoms with Crippen LogP contribution in [0.15, 0.2) is 24.3 Å². The lowest BCUT2D eigenvalue weighted by Gasteiger charge is -2.37. The molecule has 136 valence electrons. The first-order valence-corrected chi connectivity index (χ1v) is 8.92. The predicted molar refractivity (Wildman–Crippen MR) is 95.1 cm³/mol. The third-order valence-electron chi connectivity index (χ3n) is 5.50. The van der Waals surface area contributed by atoms with Crippen molar-refractivity contribution in [3.63, 3.8) is 0 Å². The van der Waals surface area contributed by atoms with Gasteiger partial charge in [0, 0.05) is 6.54 Å². The molecular formula is C19H27N3O3. The molecule has 0 unspecified atom stereocenters. The molecule has 3 amide bonds. The number of carbonyl (C=O) groups excluding carboxylic acids is 2. The van der Waals surface area contributed by atoms with Gasteiger partial charge in [-0.05, 0) is 43.5 Å². The fourth-order valence-electron chi connectivity index (χ4n) is 3.96. The highest BCUT2D eigenvalue weighted by atomic mass is 16.5. The summed E-state index contributed by atoms with van der Waals surface area (Å²) in [6, 6.07) is 7.54. The number of nitrogens with zero attached hydrogens (tertiary/aromatic N) is 2. The lowest BCUT2D eigenvalue weighted by Crippen LogP contribution is -2.54. The summed E-state index contributed by atoms with van der Waals surface area (Å²) in [7, 11) is 3.56. The van der Waals surface area contributed by atoms with E-state index in [1.54, 1.807) is 7.11 Å². The van der Waals surface area contributed by atoms with Gasteiger partial charge in [-0.15, -0.1) is 0 Å². The first kappa shape index (κ1) is 17.7. The first-order valence-electron chi connectivity index (χ1n) is 8.92. The summed E-state index contributed by atoms with van der Waals surface area (Å²) in [4.78, 5) is 28.7. The molecule has 3 rings (SSSR count). The third kappa shape index (κ3) is 3.35. The van der Waals surface area contributed by atoms with Crippen LogP contribution in [0.4, 0.5) is 4.79 Å². The van der Waals surface area contributed by atoms with E-state index in [9.17, 15) is 9.59 Å². The summed E-state index contributed by atoms with van der Waals surface area (Å²) >= 11 is 0. The summed E-state index contributed by atoms with van der Waals surface area (Å²) in [5.74, 6) is 0.939. The van der Waals surface area contributed by atoms with E-state index in [4.69, 9.17) is 4.74 Å². The number of hydrogen-bond acceptors (Lipinski definition) is 4. The predicted octanol–water partition coefficient (Wildman–Crippen LogP) is 2.59. The van der Waals surface area contributed by atoms with Gasteiger partial charge >= 0.3 is 6.03 Å². The van der Waals surface area contributed by atoms with Crippen LogP contribution in [-0.4, -0.2) is 48.1 Å². The summed E-state index contributed by atoms with van der Waals surface area (Å²) in [5, 5.41) is 3.00. The minimum absolute atomic E-state index is 0.0636. The molecule has 0 aromatic heterocycles. The number of nitrogens with one attached hydrogen (secondary N) is 1. The minimum Gasteiger partial charge on any atom is -0.497 e. The van der Waals surface area contributed by atoms with Gasteiger partial charge in [0.25, 0.3) is 5.91 Å². The molecule has 0 bridgehead atoms. The van der Waals surface area contributed by atoms with Crippen molar-refractivity contribution in [2.75, 3.05) is 20.8 Å². The Balaban J connectivity index is 1.65. The monoisotopic (exact) mass is 345 g/mol. The van der Waals surface area contributed by atoms with Crippen molar-refractivity contribution in [2.45, 2.75) is 44.7 Å². The zero-order valence-electron chi connectivity index (χ0n) is 15.2. The van der Waals surface area contributed by atoms with Crippen molar-refractivity contribution >= 4 is 11.9 Å². The molecule has 6 nitrogen and oxygen atoms in total. The molecule has 1 heterocycles. The summed E-state index contributed by atoms with van der Waals surface area (Å²) in [6.45, 7) is 3.02. The van der Waals surface area contributed by atoms with Crippen LogP contribution in [0.3, 0.4) is 0 Å². The Bertz CT molecular complexity index is 646. The highest BCUT2D eigenvalue weighted by molar-refractivity contribution is 6.07. The molecule has 1 aliphatic carbocycles. The fraction of sp³-hybridized carbons (Fsp3) is 0.579. The van der Waals surface area contributed by atoms with Gasteiger partial charge in [-0.25, -0.2) is 9.69 Å². The molecule has 2 atom stereocenters. The minimum atomic E-state index is -0.684. The SMILES string of the molecule is COc1ccc(CN(C)CN2C(=O)N[C@@]3(CCCC[C@@H]3C)C2=O)cc1. The van der Waals surface area contributed by atoms with Crippen LogP contribution < -0.4 is 10.1 Å². The van der Waals surface area contributed by atoms with Gasteiger partial charge in [-0.1, -0.05) is 31.9 Å². The smallest absolute Gasteiger partial charge is 0.326 e. The lowest BCUT2D eigenvalue weighted by atomic mass is 9.73. The number of methoxy groups -OCH3 is 1. The Kier molecular flexibility index (Phi) is 4.99. The molecule has 25 heavy (non-hydrogen) atoms. The van der Waals surface area contributed by atoms with E-state index in [1.807, 2.05) is 36.2 Å². The van der Waals surface area contributed by atoms with Crippen LogP contribution in [0.5, 0.6) is 5.75 Å². The van der Waals surface area contributed by atoms with Crippen molar-refractivity contribution < 1.29 is 14.3 Å². The number of benzene rings is 1. The van der Waals surface area contributed by atoms with Crippen LogP contribution in [0.25, 0.3) is 0 Å². The number of hydrogen-bond donors (Lipinski definition) is 1. The zero-order valence-corrected chi connectivity index (χ0v) is 15.2. The lowest BCUT2D eigenvalue weighted by molar-refractivity contribution is -0.135. The summed E-state index contributed by atoms with van der Waals surface area (Å²) in [5.41, 5.74) is 0.423. The van der Waals surface area contributed by atoms with Crippen molar-refractivity contribution in [1.29, 1.82) is 0 Å². The Morgan fingerprint density at radius 2 is 2.00 bits per heavy atom. The second-order valence-electron chi connectivity index (χ2n) is 7.29. The quantitative estimate of drug-likeness (QED) is 0.833. The van der Waals surface area contributed by atoms with E-state index in [0.29, 0.717) is 13.2 Å². The van der Waals surface area contributed by atoms with Gasteiger partial charge in [0.15, 0.2) is 0 Å². The van der Waals surface area contributed by atoms with Crippen molar-refractivity contribution in [3.8, 4) is 5.75 Å². The van der Waals surface area contributed by atoms with E-state index in [1.165, 1.54) is 4.90 Å². The van der Waals surface area contributed by atoms with Gasteiger partial charge in [-0.3, -0.25) is 9.69 Å². The highest BCUT2D eigenvalue weighted by Crippen LogP contribution is 2.38. The zero-order chi connectivity index (χ0) is 18.0. The van der Waals surface area contributed by atoms with Gasteiger partial charge in [0.1, 0.15) is 11.3 Å². The van der Waals surface area contributed by atoms with Crippen LogP contribution in [0.1, 0.15) is 38.2 Å². The number of imide groups is 1. The van der Waals surface area contributed by atoms with E-state index in [0.717, 1.165) is 37.0 Å². The second kappa shape index (κ2) is 7.04. The standard InChI is InChI=1S/C19H27N3O3/c1-14-6-4-5-11-19(14)17(23)22(18(24)20-19)13-21(2)12-15-7-9-16(25-3)10-8-15/h7-10,14H,4-6,11-13H2,1-3H3,(H,20,24)/t14-,19+/m0/s1. The number of rotatable bonds is 5. The van der Waals surface area contributed by atoms with Crippen LogP contribution in [0.2, 0.25) is 0 Å². The van der Waals surface area contributed by atoms with E-state index < -0.39 is 5.54 Å². The maximum atomic E-state index is 13.0. The Morgan fingerprint density at radius 1 is 1.28 bits per heavy atom. The number of amides is 3. The van der Waals surface area contributed by atoms with Crippen LogP contribution >= 0.6 is 0 Å². The Hall–Kier alpha value is -2.08. The van der Waals surface area contributed by atoms with Gasteiger partial charge in [0.2, 0.25) is 0 Å². The maximum Gasteiger partial charge on any atom is 0.326 e. The number of urea groups is 1. The number of ether oxygens (including phenoxy) is 1. The highest BCUT2D eigenvalue weighted by Gasteiger charge is 2.54. The molecule has 2 aliphatic rings. The van der Waals surface area contributed by atoms with E-state index in [-0.39, 0.29) is 17.9 Å². The molecule has 1 aliphatic heterocycles. The van der Waals surface area contributed by atoms with Crippen LogP contribution in [0, 0.1) is 5.92 Å². The molecule has 1 spiro atoms. The fourth-order valence-corrected chi connectivity index (χ4v) is 3.96. The Labute approximate surface area is 149 Å². The molecule has 1 N–H and O–H groups in total. The molecule has 2 fully saturated rings. The molecule has 1 saturated heterocycles. The van der Waals surface area contributed by atoms with E-state index in [2.05, 4.69) is 12.2 Å². The molecular weight excluding hydrogens is 318 g/mol. The molecule has 0 radical (unpaired) electrons. The normalized spacial score (nSPS) is 26.4. The Morgan fingerprint density at radius 3 is 2.64 bits per heavy atom. The molecule has 1 aromatic rings. The topological polar surface area (TPSA) is 61.9 Å². The largest absolute Gasteiger partial charge is 0.497 e. The summed E-state index contributed by atoms with van der Waals surface area (Å²) < 4.78 is 5.16. The second-order valence-corrected chi connectivity index (χ2v) is 7.29. The van der Waals surface area contributed by atoms with Gasteiger partial charge < -0.3 is 10.1 Å². The molecule has 6 heteroatoms. The van der Waals surface area contributed by atoms with Gasteiger partial charge in [0.05, 0.1) is 13.8 Å². The van der Waals surface area contributed by atoms with Crippen molar-refractivity contribution in [3.05, 3.63) is 29.8 Å². The first-order chi connectivity index (χ1) is 12.0. The van der Waals surface area contributed by atoms with Crippen molar-refractivity contribution in [1.82, 2.24) is 15.1 Å². The average Bonchev–Trinajstić information content (AvgIpc) is 2.83. The third-order valence-corrected chi connectivity index (χ3v) is 5.50. The average molecular weight is 345 g/mol. The van der Waals surface area contributed by atoms with Crippen molar-refractivity contribution in [2.24, 2.45) is 5.92 Å². The van der Waals surface area contributed by atoms with Crippen LogP contribution in [-0.2, 0) is 11.3 Å².